The molecule has 5 amide bonds. The van der Waals surface area contributed by atoms with Gasteiger partial charge in [0.05, 0.1) is 18.3 Å². The van der Waals surface area contributed by atoms with Crippen molar-refractivity contribution in [3.8, 4) is 0 Å². The van der Waals surface area contributed by atoms with Gasteiger partial charge in [-0.1, -0.05) is 18.2 Å². The minimum absolute atomic E-state index is 0.00966. The molecule has 2 saturated carbocycles. The Morgan fingerprint density at radius 2 is 1.87 bits per heavy atom. The number of fused-ring (bicyclic) bond motifs is 1. The molecule has 0 bridgehead atoms. The molecule has 2 heterocycles. The number of sulfonamides is 1. The van der Waals surface area contributed by atoms with Crippen LogP contribution in [0.3, 0.4) is 0 Å². The molecule has 4 aliphatic rings. The first-order valence-corrected chi connectivity index (χ1v) is 16.6. The van der Waals surface area contributed by atoms with Gasteiger partial charge in [-0.25, -0.2) is 22.4 Å². The molecular formula is C30H38FN5O9S. The summed E-state index contributed by atoms with van der Waals surface area (Å²) in [5.74, 6) is -3.37. The number of hydrogen-bond donors (Lipinski definition) is 3. The molecule has 1 saturated heterocycles. The number of ether oxygens (including phenoxy) is 2. The Hall–Kier alpha value is -4.21. The van der Waals surface area contributed by atoms with Gasteiger partial charge in [-0.3, -0.25) is 24.0 Å². The second-order valence-corrected chi connectivity index (χ2v) is 15.0. The molecule has 16 heteroatoms. The Morgan fingerprint density at radius 1 is 1.15 bits per heavy atom. The van der Waals surface area contributed by atoms with Gasteiger partial charge in [-0.15, -0.1) is 6.58 Å². The minimum atomic E-state index is -3.91. The van der Waals surface area contributed by atoms with Gasteiger partial charge in [0.2, 0.25) is 21.8 Å². The predicted octanol–water partition coefficient (Wildman–Crippen LogP) is 1.44. The number of carbonyl (C=O) groups excluding carboxylic acids is 5. The molecule has 1 aromatic carbocycles. The zero-order valence-corrected chi connectivity index (χ0v) is 26.7. The maximum absolute atomic E-state index is 14.2. The van der Waals surface area contributed by atoms with Gasteiger partial charge in [0.25, 0.3) is 5.91 Å². The third-order valence-corrected chi connectivity index (χ3v) is 10.2. The van der Waals surface area contributed by atoms with Crippen LogP contribution in [0, 0.1) is 11.7 Å². The highest BCUT2D eigenvalue weighted by Crippen LogP contribution is 2.45. The summed E-state index contributed by atoms with van der Waals surface area (Å²) in [6, 6.07) is 3.31. The number of likely N-dealkylation sites (tertiary alicyclic amines) is 1. The lowest BCUT2D eigenvalue weighted by molar-refractivity contribution is -0.139. The van der Waals surface area contributed by atoms with Crippen molar-refractivity contribution in [2.45, 2.75) is 88.1 Å². The van der Waals surface area contributed by atoms with Gasteiger partial charge in [0, 0.05) is 24.4 Å². The van der Waals surface area contributed by atoms with E-state index in [0.717, 1.165) is 4.90 Å². The second kappa shape index (κ2) is 12.2. The fraction of sp³-hybridized carbons (Fsp3) is 0.567. The van der Waals surface area contributed by atoms with E-state index in [1.165, 1.54) is 17.0 Å². The lowest BCUT2D eigenvalue weighted by atomic mass is 10.1. The van der Waals surface area contributed by atoms with Crippen molar-refractivity contribution in [3.05, 3.63) is 47.8 Å². The van der Waals surface area contributed by atoms with E-state index in [4.69, 9.17) is 9.47 Å². The van der Waals surface area contributed by atoms with Crippen LogP contribution in [0.2, 0.25) is 0 Å². The molecule has 0 spiro atoms. The molecule has 2 aliphatic heterocycles. The molecule has 250 valence electrons. The van der Waals surface area contributed by atoms with E-state index in [9.17, 15) is 36.8 Å². The van der Waals surface area contributed by atoms with Crippen LogP contribution in [0.1, 0.15) is 57.6 Å². The van der Waals surface area contributed by atoms with Gasteiger partial charge < -0.3 is 25.0 Å². The normalized spacial score (nSPS) is 25.3. The first-order chi connectivity index (χ1) is 21.5. The van der Waals surface area contributed by atoms with Gasteiger partial charge in [-0.05, 0) is 51.7 Å². The molecule has 0 unspecified atom stereocenters. The molecule has 3 N–H and O–H groups in total. The van der Waals surface area contributed by atoms with E-state index in [1.807, 2.05) is 0 Å². The molecule has 2 aliphatic carbocycles. The third kappa shape index (κ3) is 7.11. The zero-order chi connectivity index (χ0) is 33.6. The highest BCUT2D eigenvalue weighted by molar-refractivity contribution is 7.91. The van der Waals surface area contributed by atoms with E-state index < -0.39 is 86.7 Å². The fourth-order valence-corrected chi connectivity index (χ4v) is 7.08. The molecule has 14 nitrogen and oxygen atoms in total. The highest BCUT2D eigenvalue weighted by atomic mass is 32.2. The van der Waals surface area contributed by atoms with Gasteiger partial charge in [0.15, 0.2) is 0 Å². The molecule has 0 aromatic heterocycles. The number of nitrogens with zero attached hydrogens (tertiary/aromatic N) is 2. The summed E-state index contributed by atoms with van der Waals surface area (Å²) in [7, 11) is -3.91. The summed E-state index contributed by atoms with van der Waals surface area (Å²) in [6.45, 7) is 7.99. The number of rotatable bonds is 9. The van der Waals surface area contributed by atoms with E-state index >= 15 is 0 Å². The van der Waals surface area contributed by atoms with Crippen LogP contribution >= 0.6 is 0 Å². The maximum atomic E-state index is 14.2. The van der Waals surface area contributed by atoms with E-state index in [-0.39, 0.29) is 32.5 Å². The van der Waals surface area contributed by atoms with Crippen molar-refractivity contribution < 1.29 is 46.3 Å². The predicted molar refractivity (Wildman–Crippen MR) is 160 cm³/mol. The van der Waals surface area contributed by atoms with E-state index in [1.54, 1.807) is 32.9 Å². The molecule has 1 aromatic rings. The van der Waals surface area contributed by atoms with Crippen molar-refractivity contribution in [1.82, 2.24) is 25.2 Å². The molecule has 5 rings (SSSR count). The molecule has 46 heavy (non-hydrogen) atoms. The van der Waals surface area contributed by atoms with Crippen LogP contribution in [0.4, 0.5) is 14.0 Å². The lowest BCUT2D eigenvalue weighted by Crippen LogP contribution is -2.57. The first-order valence-electron chi connectivity index (χ1n) is 15.0. The van der Waals surface area contributed by atoms with Crippen LogP contribution in [0.15, 0.2) is 30.9 Å². The summed E-state index contributed by atoms with van der Waals surface area (Å²) < 4.78 is 52.1. The van der Waals surface area contributed by atoms with Crippen LogP contribution in [-0.4, -0.2) is 89.8 Å². The number of carbonyl (C=O) groups is 5. The Balaban J connectivity index is 1.29. The molecule has 3 fully saturated rings. The third-order valence-electron chi connectivity index (χ3n) is 8.37. The average Bonchev–Trinajstić information content (AvgIpc) is 3.85. The van der Waals surface area contributed by atoms with Gasteiger partial charge in [-0.2, -0.15) is 0 Å². The number of hydrogen-bond acceptors (Lipinski definition) is 9. The van der Waals surface area contributed by atoms with Gasteiger partial charge in [0.1, 0.15) is 35.6 Å². The summed E-state index contributed by atoms with van der Waals surface area (Å²) >= 11 is 0. The SMILES string of the molecule is C=C[C@@H]1C[C@]1(NC(=O)[C@@H]1C[C@@H](OC(=O)N2Cc3cccc(F)c3C2)CN1C(=O)CNC(=O)OC(C)(C)C)C(=O)NS(=O)(=O)C1CC1. The van der Waals surface area contributed by atoms with Crippen molar-refractivity contribution in [2.24, 2.45) is 5.92 Å². The van der Waals surface area contributed by atoms with Crippen LogP contribution in [-0.2, 0) is 47.0 Å². The Morgan fingerprint density at radius 3 is 2.48 bits per heavy atom. The quantitative estimate of drug-likeness (QED) is 0.330. The molecular weight excluding hydrogens is 625 g/mol. The number of nitrogens with one attached hydrogen (secondary N) is 3. The maximum Gasteiger partial charge on any atom is 0.410 e. The van der Waals surface area contributed by atoms with Crippen molar-refractivity contribution in [3.63, 3.8) is 0 Å². The summed E-state index contributed by atoms with van der Waals surface area (Å²) in [5.41, 5.74) is -1.40. The largest absolute Gasteiger partial charge is 0.444 e. The van der Waals surface area contributed by atoms with Gasteiger partial charge >= 0.3 is 12.2 Å². The van der Waals surface area contributed by atoms with Crippen molar-refractivity contribution in [1.29, 1.82) is 0 Å². The van der Waals surface area contributed by atoms with Crippen LogP contribution in [0.25, 0.3) is 0 Å². The number of amides is 5. The summed E-state index contributed by atoms with van der Waals surface area (Å²) in [6.07, 6.45) is -0.338. The van der Waals surface area contributed by atoms with Crippen molar-refractivity contribution in [2.75, 3.05) is 13.1 Å². The fourth-order valence-electron chi connectivity index (χ4n) is 5.72. The number of benzene rings is 1. The Bertz CT molecular complexity index is 1570. The molecule has 0 radical (unpaired) electrons. The van der Waals surface area contributed by atoms with Crippen LogP contribution < -0.4 is 15.4 Å². The summed E-state index contributed by atoms with van der Waals surface area (Å²) in [5, 5.41) is 4.32. The van der Waals surface area contributed by atoms with Crippen LogP contribution in [0.5, 0.6) is 0 Å². The smallest absolute Gasteiger partial charge is 0.410 e. The number of halogens is 1. The number of alkyl carbamates (subject to hydrolysis) is 1. The highest BCUT2D eigenvalue weighted by Gasteiger charge is 2.62. The minimum Gasteiger partial charge on any atom is -0.444 e. The molecule has 4 atom stereocenters. The Kier molecular flexibility index (Phi) is 8.79. The second-order valence-electron chi connectivity index (χ2n) is 13.1. The first kappa shape index (κ1) is 33.2. The standard InChI is InChI=1S/C30H38FN5O9S/c1-5-18-12-30(18,26(39)34-46(42,43)20-9-10-20)33-25(38)23-11-19(15-36(23)24(37)13-32-27(40)45-29(2,3)4)44-28(41)35-14-17-7-6-8-22(31)21(17)16-35/h5-8,18-20,23H,1,9-16H2,2-4H3,(H,32,40)(H,33,38)(H,34,39)/t18-,19-,23+,30-/m1/s1. The van der Waals surface area contributed by atoms with E-state index in [0.29, 0.717) is 24.0 Å². The Labute approximate surface area is 266 Å². The summed E-state index contributed by atoms with van der Waals surface area (Å²) in [4.78, 5) is 67.9. The topological polar surface area (TPSA) is 181 Å². The van der Waals surface area contributed by atoms with Crippen molar-refractivity contribution >= 4 is 39.9 Å². The lowest BCUT2D eigenvalue weighted by Gasteiger charge is -2.27. The average molecular weight is 664 g/mol. The monoisotopic (exact) mass is 663 g/mol. The zero-order valence-electron chi connectivity index (χ0n) is 25.8. The van der Waals surface area contributed by atoms with E-state index in [2.05, 4.69) is 21.9 Å².